The Morgan fingerprint density at radius 2 is 2.07 bits per heavy atom. The third kappa shape index (κ3) is 3.86. The molecule has 0 bridgehead atoms. The minimum absolute atomic E-state index is 0.312. The van der Waals surface area contributed by atoms with Crippen LogP contribution in [0.4, 0.5) is 0 Å². The largest absolute Gasteiger partial charge is 0.380 e. The highest BCUT2D eigenvalue weighted by Crippen LogP contribution is 2.43. The van der Waals surface area contributed by atoms with Crippen molar-refractivity contribution in [3.8, 4) is 0 Å². The third-order valence-electron chi connectivity index (χ3n) is 6.61. The quantitative estimate of drug-likeness (QED) is 0.655. The number of allylic oxidation sites excluding steroid dienone is 1. The van der Waals surface area contributed by atoms with E-state index in [9.17, 15) is 4.79 Å². The van der Waals surface area contributed by atoms with Crippen LogP contribution in [0.15, 0.2) is 24.3 Å². The molecule has 0 aromatic carbocycles. The lowest BCUT2D eigenvalue weighted by atomic mass is 9.79. The summed E-state index contributed by atoms with van der Waals surface area (Å²) >= 11 is 0. The summed E-state index contributed by atoms with van der Waals surface area (Å²) in [7, 11) is 0. The van der Waals surface area contributed by atoms with Gasteiger partial charge in [-0.3, -0.25) is 19.3 Å². The Hall–Kier alpha value is -1.77. The van der Waals surface area contributed by atoms with Gasteiger partial charge < -0.3 is 9.64 Å². The van der Waals surface area contributed by atoms with Gasteiger partial charge in [-0.25, -0.2) is 4.98 Å². The Bertz CT molecular complexity index is 698. The summed E-state index contributed by atoms with van der Waals surface area (Å²) < 4.78 is 7.65. The fourth-order valence-electron chi connectivity index (χ4n) is 4.79. The molecule has 0 unspecified atom stereocenters. The maximum atomic E-state index is 13.5. The van der Waals surface area contributed by atoms with E-state index in [4.69, 9.17) is 4.74 Å². The van der Waals surface area contributed by atoms with Crippen LogP contribution in [0.1, 0.15) is 13.8 Å². The number of hydrogen-bond acceptors (Lipinski definition) is 6. The van der Waals surface area contributed by atoms with E-state index in [2.05, 4.69) is 44.7 Å². The molecule has 1 aromatic rings. The van der Waals surface area contributed by atoms with E-state index >= 15 is 0 Å². The lowest BCUT2D eigenvalue weighted by Crippen LogP contribution is -2.55. The third-order valence-corrected chi connectivity index (χ3v) is 6.61. The molecule has 0 N–H and O–H groups in total. The van der Waals surface area contributed by atoms with Crippen molar-refractivity contribution in [2.75, 3.05) is 65.6 Å². The standard InChI is InChI=1S/C20H32N6O2/c1-3-17(2)10-24-11-18-12-28-14-20(18,13-24)19(27)25-7-4-23(5-8-25)6-9-26-16-21-15-22-26/h3,15-16,18H,4-14H2,1-2H3/b17-3+/t18-,20-/m1/s1. The zero-order valence-corrected chi connectivity index (χ0v) is 17.1. The molecule has 8 nitrogen and oxygen atoms in total. The molecule has 28 heavy (non-hydrogen) atoms. The van der Waals surface area contributed by atoms with Gasteiger partial charge in [-0.05, 0) is 13.8 Å². The molecule has 3 aliphatic rings. The number of amides is 1. The molecular weight excluding hydrogens is 356 g/mol. The number of carbonyl (C=O) groups excluding carboxylic acids is 1. The summed E-state index contributed by atoms with van der Waals surface area (Å²) in [6, 6.07) is 0. The Morgan fingerprint density at radius 1 is 1.25 bits per heavy atom. The molecule has 8 heteroatoms. The van der Waals surface area contributed by atoms with Crippen molar-refractivity contribution in [2.45, 2.75) is 20.4 Å². The van der Waals surface area contributed by atoms with Gasteiger partial charge in [-0.1, -0.05) is 11.6 Å². The first kappa shape index (κ1) is 19.5. The van der Waals surface area contributed by atoms with Gasteiger partial charge in [0.05, 0.1) is 25.2 Å². The van der Waals surface area contributed by atoms with Crippen molar-refractivity contribution >= 4 is 5.91 Å². The lowest BCUT2D eigenvalue weighted by molar-refractivity contribution is -0.144. The zero-order valence-electron chi connectivity index (χ0n) is 17.1. The maximum absolute atomic E-state index is 13.5. The summed E-state index contributed by atoms with van der Waals surface area (Å²) in [6.07, 6.45) is 5.48. The van der Waals surface area contributed by atoms with Crippen molar-refractivity contribution in [1.82, 2.24) is 29.5 Å². The van der Waals surface area contributed by atoms with Crippen LogP contribution in [-0.2, 0) is 16.1 Å². The van der Waals surface area contributed by atoms with Crippen LogP contribution in [0, 0.1) is 11.3 Å². The molecule has 3 saturated heterocycles. The summed E-state index contributed by atoms with van der Waals surface area (Å²) in [6.45, 7) is 13.5. The minimum Gasteiger partial charge on any atom is -0.380 e. The monoisotopic (exact) mass is 388 g/mol. The Labute approximate surface area is 167 Å². The highest BCUT2D eigenvalue weighted by Gasteiger charge is 2.56. The summed E-state index contributed by atoms with van der Waals surface area (Å²) in [5.41, 5.74) is 1.03. The Kier molecular flexibility index (Phi) is 5.80. The number of aromatic nitrogens is 3. The highest BCUT2D eigenvalue weighted by atomic mass is 16.5. The molecule has 154 valence electrons. The molecule has 0 saturated carbocycles. The van der Waals surface area contributed by atoms with Crippen LogP contribution >= 0.6 is 0 Å². The first-order valence-corrected chi connectivity index (χ1v) is 10.4. The minimum atomic E-state index is -0.336. The number of nitrogens with zero attached hydrogens (tertiary/aromatic N) is 6. The number of carbonyl (C=O) groups is 1. The number of ether oxygens (including phenoxy) is 1. The number of likely N-dealkylation sites (tertiary alicyclic amines) is 1. The van der Waals surface area contributed by atoms with Crippen LogP contribution in [0.5, 0.6) is 0 Å². The Balaban J connectivity index is 1.32. The fourth-order valence-corrected chi connectivity index (χ4v) is 4.79. The smallest absolute Gasteiger partial charge is 0.232 e. The van der Waals surface area contributed by atoms with Gasteiger partial charge >= 0.3 is 0 Å². The van der Waals surface area contributed by atoms with E-state index in [1.807, 2.05) is 4.68 Å². The zero-order chi connectivity index (χ0) is 19.6. The second kappa shape index (κ2) is 8.31. The van der Waals surface area contributed by atoms with Crippen molar-refractivity contribution in [3.63, 3.8) is 0 Å². The SMILES string of the molecule is C/C=C(\C)CN1C[C@@H]2COC[C@]2(C(=O)N2CCN(CCn3cncn3)CC2)C1. The van der Waals surface area contributed by atoms with Gasteiger partial charge in [-0.2, -0.15) is 5.10 Å². The molecule has 3 fully saturated rings. The van der Waals surface area contributed by atoms with Crippen LogP contribution in [-0.4, -0.2) is 101 Å². The predicted octanol–water partition coefficient (Wildman–Crippen LogP) is 0.337. The summed E-state index contributed by atoms with van der Waals surface area (Å²) in [4.78, 5) is 24.4. The highest BCUT2D eigenvalue weighted by molar-refractivity contribution is 5.84. The first-order chi connectivity index (χ1) is 13.6. The number of hydrogen-bond donors (Lipinski definition) is 0. The predicted molar refractivity (Wildman–Crippen MR) is 106 cm³/mol. The lowest BCUT2D eigenvalue weighted by Gasteiger charge is -2.39. The van der Waals surface area contributed by atoms with Crippen LogP contribution in [0.2, 0.25) is 0 Å². The molecular formula is C20H32N6O2. The van der Waals surface area contributed by atoms with E-state index in [0.717, 1.165) is 65.5 Å². The van der Waals surface area contributed by atoms with Crippen LogP contribution < -0.4 is 0 Å². The fraction of sp³-hybridized carbons (Fsp3) is 0.750. The van der Waals surface area contributed by atoms with E-state index in [1.165, 1.54) is 5.57 Å². The van der Waals surface area contributed by atoms with Gasteiger partial charge in [-0.15, -0.1) is 0 Å². The average Bonchev–Trinajstić information content (AvgIpc) is 3.42. The van der Waals surface area contributed by atoms with Crippen molar-refractivity contribution in [3.05, 3.63) is 24.3 Å². The van der Waals surface area contributed by atoms with Gasteiger partial charge in [0, 0.05) is 58.3 Å². The van der Waals surface area contributed by atoms with Crippen LogP contribution in [0.3, 0.4) is 0 Å². The molecule has 1 amide bonds. The van der Waals surface area contributed by atoms with Crippen molar-refractivity contribution in [1.29, 1.82) is 0 Å². The van der Waals surface area contributed by atoms with Gasteiger partial charge in [0.15, 0.2) is 0 Å². The van der Waals surface area contributed by atoms with Gasteiger partial charge in [0.25, 0.3) is 0 Å². The molecule has 4 rings (SSSR count). The van der Waals surface area contributed by atoms with Crippen LogP contribution in [0.25, 0.3) is 0 Å². The Morgan fingerprint density at radius 3 is 2.79 bits per heavy atom. The average molecular weight is 389 g/mol. The van der Waals surface area contributed by atoms with Crippen molar-refractivity contribution in [2.24, 2.45) is 11.3 Å². The van der Waals surface area contributed by atoms with E-state index in [1.54, 1.807) is 12.7 Å². The summed E-state index contributed by atoms with van der Waals surface area (Å²) in [5.74, 6) is 0.640. The molecule has 0 radical (unpaired) electrons. The van der Waals surface area contributed by atoms with E-state index in [0.29, 0.717) is 18.4 Å². The van der Waals surface area contributed by atoms with Gasteiger partial charge in [0.1, 0.15) is 12.7 Å². The second-order valence-electron chi connectivity index (χ2n) is 8.47. The van der Waals surface area contributed by atoms with Gasteiger partial charge in [0.2, 0.25) is 5.91 Å². The van der Waals surface area contributed by atoms with E-state index < -0.39 is 0 Å². The molecule has 3 aliphatic heterocycles. The molecule has 2 atom stereocenters. The topological polar surface area (TPSA) is 66.7 Å². The number of piperazine rings is 1. The van der Waals surface area contributed by atoms with E-state index in [-0.39, 0.29) is 5.41 Å². The normalized spacial score (nSPS) is 29.4. The molecule has 4 heterocycles. The first-order valence-electron chi connectivity index (χ1n) is 10.4. The second-order valence-corrected chi connectivity index (χ2v) is 8.47. The molecule has 0 spiro atoms. The number of fused-ring (bicyclic) bond motifs is 1. The number of rotatable bonds is 6. The maximum Gasteiger partial charge on any atom is 0.232 e. The molecule has 0 aliphatic carbocycles. The summed E-state index contributed by atoms with van der Waals surface area (Å²) in [5, 5.41) is 4.16. The van der Waals surface area contributed by atoms with Crippen molar-refractivity contribution < 1.29 is 9.53 Å². The molecule has 1 aromatic heterocycles.